The molecule has 0 N–H and O–H groups in total. The van der Waals surface area contributed by atoms with Crippen molar-refractivity contribution in [2.75, 3.05) is 6.61 Å². The van der Waals surface area contributed by atoms with Gasteiger partial charge in [0.15, 0.2) is 11.5 Å². The Labute approximate surface area is 169 Å². The topological polar surface area (TPSA) is 35.5 Å². The summed E-state index contributed by atoms with van der Waals surface area (Å²) in [7, 11) is 0. The highest BCUT2D eigenvalue weighted by atomic mass is 16.5. The molecule has 28 heavy (non-hydrogen) atoms. The lowest BCUT2D eigenvalue weighted by atomic mass is 9.99. The van der Waals surface area contributed by atoms with Crippen LogP contribution < -0.4 is 9.47 Å². The van der Waals surface area contributed by atoms with Gasteiger partial charge in [0, 0.05) is 5.56 Å². The molecule has 0 aromatic heterocycles. The second-order valence-corrected chi connectivity index (χ2v) is 8.20. The highest BCUT2D eigenvalue weighted by molar-refractivity contribution is 5.76. The third kappa shape index (κ3) is 5.85. The minimum absolute atomic E-state index is 0.191. The highest BCUT2D eigenvalue weighted by Gasteiger charge is 2.33. The van der Waals surface area contributed by atoms with E-state index in [1.165, 1.54) is 24.0 Å². The number of aldehydes is 1. The van der Waals surface area contributed by atoms with Crippen molar-refractivity contribution in [3.63, 3.8) is 0 Å². The number of rotatable bonds is 11. The van der Waals surface area contributed by atoms with Gasteiger partial charge in [-0.25, -0.2) is 0 Å². The minimum atomic E-state index is 0.191. The zero-order valence-electron chi connectivity index (χ0n) is 17.3. The monoisotopic (exact) mass is 380 g/mol. The standard InChI is InChI=1S/C25H32O3/c1-4-27-25-16-21(17-26)10-14-24(25)28-23(22-11-12-22)13-9-19-5-7-20(8-6-19)15-18(2)3/h5-8,10,14,16-18,22-23H,4,9,11-13,15H2,1-3H3. The molecule has 2 aromatic carbocycles. The quantitative estimate of drug-likeness (QED) is 0.456. The maximum atomic E-state index is 11.1. The van der Waals surface area contributed by atoms with Crippen LogP contribution in [0, 0.1) is 11.8 Å². The molecule has 3 rings (SSSR count). The van der Waals surface area contributed by atoms with Crippen molar-refractivity contribution >= 4 is 6.29 Å². The Morgan fingerprint density at radius 3 is 2.36 bits per heavy atom. The van der Waals surface area contributed by atoms with Crippen LogP contribution in [0.3, 0.4) is 0 Å². The number of aryl methyl sites for hydroxylation is 1. The number of benzene rings is 2. The lowest BCUT2D eigenvalue weighted by molar-refractivity contribution is 0.112. The van der Waals surface area contributed by atoms with Crippen LogP contribution in [0.15, 0.2) is 42.5 Å². The van der Waals surface area contributed by atoms with Gasteiger partial charge in [0.25, 0.3) is 0 Å². The first-order valence-corrected chi connectivity index (χ1v) is 10.6. The molecule has 1 fully saturated rings. The molecule has 150 valence electrons. The Bertz CT molecular complexity index is 760. The zero-order chi connectivity index (χ0) is 19.9. The van der Waals surface area contributed by atoms with Gasteiger partial charge in [-0.05, 0) is 80.2 Å². The average Bonchev–Trinajstić information content (AvgIpc) is 3.52. The lowest BCUT2D eigenvalue weighted by Crippen LogP contribution is -2.20. The molecule has 3 heteroatoms. The molecule has 0 heterocycles. The fourth-order valence-electron chi connectivity index (χ4n) is 3.61. The lowest BCUT2D eigenvalue weighted by Gasteiger charge is -2.21. The molecule has 0 aliphatic heterocycles. The first-order valence-electron chi connectivity index (χ1n) is 10.6. The van der Waals surface area contributed by atoms with E-state index < -0.39 is 0 Å². The molecule has 0 spiro atoms. The van der Waals surface area contributed by atoms with Crippen LogP contribution in [-0.4, -0.2) is 19.0 Å². The number of carbonyl (C=O) groups is 1. The van der Waals surface area contributed by atoms with E-state index in [1.807, 2.05) is 13.0 Å². The van der Waals surface area contributed by atoms with E-state index in [-0.39, 0.29) is 6.10 Å². The second kappa shape index (κ2) is 9.77. The third-order valence-corrected chi connectivity index (χ3v) is 5.21. The van der Waals surface area contributed by atoms with E-state index >= 15 is 0 Å². The molecule has 1 aliphatic rings. The SMILES string of the molecule is CCOc1cc(C=O)ccc1OC(CCc1ccc(CC(C)C)cc1)C1CC1. The van der Waals surface area contributed by atoms with Crippen molar-refractivity contribution in [1.82, 2.24) is 0 Å². The van der Waals surface area contributed by atoms with Crippen LogP contribution >= 0.6 is 0 Å². The Balaban J connectivity index is 1.64. The molecular formula is C25H32O3. The van der Waals surface area contributed by atoms with Gasteiger partial charge >= 0.3 is 0 Å². The molecule has 1 unspecified atom stereocenters. The van der Waals surface area contributed by atoms with Crippen LogP contribution in [0.5, 0.6) is 11.5 Å². The van der Waals surface area contributed by atoms with Crippen molar-refractivity contribution in [2.45, 2.75) is 59.0 Å². The van der Waals surface area contributed by atoms with Crippen LogP contribution in [0.25, 0.3) is 0 Å². The highest BCUT2D eigenvalue weighted by Crippen LogP contribution is 2.39. The van der Waals surface area contributed by atoms with Crippen molar-refractivity contribution < 1.29 is 14.3 Å². The summed E-state index contributed by atoms with van der Waals surface area (Å²) in [6, 6.07) is 14.5. The fraction of sp³-hybridized carbons (Fsp3) is 0.480. The number of hydrogen-bond acceptors (Lipinski definition) is 3. The summed E-state index contributed by atoms with van der Waals surface area (Å²) in [5.74, 6) is 2.72. The van der Waals surface area contributed by atoms with Gasteiger partial charge in [0.1, 0.15) is 12.4 Å². The average molecular weight is 381 g/mol. The van der Waals surface area contributed by atoms with Gasteiger partial charge in [-0.2, -0.15) is 0 Å². The summed E-state index contributed by atoms with van der Waals surface area (Å²) in [5, 5.41) is 0. The Hall–Kier alpha value is -2.29. The first-order chi connectivity index (χ1) is 13.6. The predicted octanol–water partition coefficient (Wildman–Crippen LogP) is 5.89. The molecule has 0 saturated heterocycles. The molecule has 1 aliphatic carbocycles. The number of ether oxygens (including phenoxy) is 2. The predicted molar refractivity (Wildman–Crippen MR) is 113 cm³/mol. The van der Waals surface area contributed by atoms with Crippen molar-refractivity contribution in [1.29, 1.82) is 0 Å². The van der Waals surface area contributed by atoms with Crippen molar-refractivity contribution in [3.05, 3.63) is 59.2 Å². The van der Waals surface area contributed by atoms with Gasteiger partial charge in [0.05, 0.1) is 6.61 Å². The number of carbonyl (C=O) groups excluding carboxylic acids is 1. The van der Waals surface area contributed by atoms with Crippen molar-refractivity contribution in [2.24, 2.45) is 11.8 Å². The van der Waals surface area contributed by atoms with E-state index in [0.717, 1.165) is 31.3 Å². The van der Waals surface area contributed by atoms with Gasteiger partial charge < -0.3 is 9.47 Å². The van der Waals surface area contributed by atoms with E-state index in [9.17, 15) is 4.79 Å². The summed E-state index contributed by atoms with van der Waals surface area (Å²) in [4.78, 5) is 11.1. The van der Waals surface area contributed by atoms with Crippen LogP contribution in [-0.2, 0) is 12.8 Å². The first kappa shape index (κ1) is 20.4. The summed E-state index contributed by atoms with van der Waals surface area (Å²) in [6.07, 6.45) is 6.63. The van der Waals surface area contributed by atoms with Gasteiger partial charge in [0.2, 0.25) is 0 Å². The zero-order valence-corrected chi connectivity index (χ0v) is 17.3. The molecule has 1 saturated carbocycles. The molecule has 3 nitrogen and oxygen atoms in total. The number of hydrogen-bond donors (Lipinski definition) is 0. The molecule has 2 aromatic rings. The second-order valence-electron chi connectivity index (χ2n) is 8.20. The van der Waals surface area contributed by atoms with Crippen molar-refractivity contribution in [3.8, 4) is 11.5 Å². The minimum Gasteiger partial charge on any atom is -0.490 e. The summed E-state index contributed by atoms with van der Waals surface area (Å²) < 4.78 is 12.1. The molecule has 0 amide bonds. The van der Waals surface area contributed by atoms with E-state index in [2.05, 4.69) is 38.1 Å². The summed E-state index contributed by atoms with van der Waals surface area (Å²) >= 11 is 0. The van der Waals surface area contributed by atoms with Gasteiger partial charge in [-0.3, -0.25) is 4.79 Å². The fourth-order valence-corrected chi connectivity index (χ4v) is 3.61. The van der Waals surface area contributed by atoms with Crippen LogP contribution in [0.1, 0.15) is 61.5 Å². The van der Waals surface area contributed by atoms with Crippen LogP contribution in [0.2, 0.25) is 0 Å². The van der Waals surface area contributed by atoms with Crippen LogP contribution in [0.4, 0.5) is 0 Å². The van der Waals surface area contributed by atoms with E-state index in [0.29, 0.717) is 29.8 Å². The maximum absolute atomic E-state index is 11.1. The third-order valence-electron chi connectivity index (χ3n) is 5.21. The Morgan fingerprint density at radius 2 is 1.75 bits per heavy atom. The molecule has 0 bridgehead atoms. The van der Waals surface area contributed by atoms with E-state index in [1.54, 1.807) is 12.1 Å². The molecule has 0 radical (unpaired) electrons. The maximum Gasteiger partial charge on any atom is 0.161 e. The summed E-state index contributed by atoms with van der Waals surface area (Å²) in [6.45, 7) is 7.00. The Kier molecular flexibility index (Phi) is 7.13. The van der Waals surface area contributed by atoms with Gasteiger partial charge in [-0.15, -0.1) is 0 Å². The van der Waals surface area contributed by atoms with E-state index in [4.69, 9.17) is 9.47 Å². The summed E-state index contributed by atoms with van der Waals surface area (Å²) in [5.41, 5.74) is 3.38. The largest absolute Gasteiger partial charge is 0.490 e. The molecule has 1 atom stereocenters. The smallest absolute Gasteiger partial charge is 0.161 e. The van der Waals surface area contributed by atoms with Gasteiger partial charge in [-0.1, -0.05) is 38.1 Å². The Morgan fingerprint density at radius 1 is 1.04 bits per heavy atom. The molecular weight excluding hydrogens is 348 g/mol. The normalized spacial score (nSPS) is 14.7.